The number of thiazole rings is 1. The van der Waals surface area contributed by atoms with Crippen LogP contribution < -0.4 is 10.2 Å². The van der Waals surface area contributed by atoms with Gasteiger partial charge < -0.3 is 19.7 Å². The summed E-state index contributed by atoms with van der Waals surface area (Å²) in [6, 6.07) is 10.1. The largest absolute Gasteiger partial charge is 0.444 e. The number of fused-ring (bicyclic) bond motifs is 1. The summed E-state index contributed by atoms with van der Waals surface area (Å²) in [4.78, 5) is 26.3. The fourth-order valence-electron chi connectivity index (χ4n) is 4.83. The number of halogens is 1. The summed E-state index contributed by atoms with van der Waals surface area (Å²) in [7, 11) is 1.64. The predicted octanol–water partition coefficient (Wildman–Crippen LogP) is 5.24. The zero-order chi connectivity index (χ0) is 29.1. The summed E-state index contributed by atoms with van der Waals surface area (Å²) < 4.78 is 26.2. The van der Waals surface area contributed by atoms with Crippen molar-refractivity contribution in [2.24, 2.45) is 0 Å². The molecule has 1 aliphatic rings. The van der Waals surface area contributed by atoms with Gasteiger partial charge in [0.15, 0.2) is 11.5 Å². The molecule has 0 saturated carbocycles. The number of aryl methyl sites for hydroxylation is 1. The molecule has 10 nitrogen and oxygen atoms in total. The number of aromatic nitrogens is 4. The molecule has 0 spiro atoms. The summed E-state index contributed by atoms with van der Waals surface area (Å²) in [6.07, 6.45) is 0.408. The van der Waals surface area contributed by atoms with Gasteiger partial charge in [-0.15, -0.1) is 16.4 Å². The topological polar surface area (TPSA) is 97.1 Å². The molecule has 1 fully saturated rings. The molecule has 0 unspecified atom stereocenters. The Balaban J connectivity index is 1.34. The lowest BCUT2D eigenvalue weighted by Gasteiger charge is -2.41. The maximum atomic E-state index is 13.3. The molecule has 3 aromatic heterocycles. The fraction of sp³-hybridized carbons (Fsp3) is 0.448. The minimum atomic E-state index is -0.568. The van der Waals surface area contributed by atoms with Crippen molar-refractivity contribution in [2.45, 2.75) is 52.3 Å². The highest BCUT2D eigenvalue weighted by molar-refractivity contribution is 7.10. The number of amides is 1. The van der Waals surface area contributed by atoms with Gasteiger partial charge in [0.2, 0.25) is 0 Å². The van der Waals surface area contributed by atoms with Crippen LogP contribution in [0.3, 0.4) is 0 Å². The standard InChI is InChI=1S/C29H36FN7O3S/c1-6-22-27(31-15-26-33-23(18-41-26)19-7-9-20(30)10-8-19)37-24(32-22)11-12-25(34-37)35-13-14-36(21(16-35)17-39-5)28(38)40-29(2,3)4/h7-12,18,21,31H,6,13-17H2,1-5H3/t21-/m0/s1. The normalized spacial score (nSPS) is 15.9. The zero-order valence-electron chi connectivity index (χ0n) is 24.1. The van der Waals surface area contributed by atoms with Crippen molar-refractivity contribution in [3.05, 3.63) is 58.3 Å². The molecule has 0 radical (unpaired) electrons. The van der Waals surface area contributed by atoms with E-state index in [2.05, 4.69) is 17.1 Å². The fourth-order valence-corrected chi connectivity index (χ4v) is 5.57. The van der Waals surface area contributed by atoms with Crippen molar-refractivity contribution < 1.29 is 18.7 Å². The Morgan fingerprint density at radius 1 is 1.15 bits per heavy atom. The van der Waals surface area contributed by atoms with Gasteiger partial charge >= 0.3 is 6.09 Å². The van der Waals surface area contributed by atoms with Crippen LogP contribution in [0.2, 0.25) is 0 Å². The summed E-state index contributed by atoms with van der Waals surface area (Å²) in [6.45, 7) is 10.2. The number of nitrogens with one attached hydrogen (secondary N) is 1. The SMILES string of the molecule is CCc1nc2ccc(N3CCN(C(=O)OC(C)(C)C)[C@H](COC)C3)nn2c1NCc1nc(-c2ccc(F)cc2)cs1. The first-order chi connectivity index (χ1) is 19.6. The van der Waals surface area contributed by atoms with Crippen LogP contribution in [0.25, 0.3) is 16.9 Å². The first-order valence-corrected chi connectivity index (χ1v) is 14.6. The van der Waals surface area contributed by atoms with Crippen LogP contribution in [0.4, 0.5) is 20.8 Å². The number of carbonyl (C=O) groups excluding carboxylic acids is 1. The van der Waals surface area contributed by atoms with Crippen LogP contribution in [0, 0.1) is 5.82 Å². The number of piperazine rings is 1. The molecule has 4 aromatic rings. The van der Waals surface area contributed by atoms with Gasteiger partial charge in [-0.2, -0.15) is 4.52 Å². The van der Waals surface area contributed by atoms with E-state index in [1.54, 1.807) is 35.5 Å². The van der Waals surface area contributed by atoms with Gasteiger partial charge in [-0.25, -0.2) is 19.2 Å². The summed E-state index contributed by atoms with van der Waals surface area (Å²) in [5.41, 5.74) is 2.79. The van der Waals surface area contributed by atoms with E-state index in [-0.39, 0.29) is 18.0 Å². The number of nitrogens with zero attached hydrogens (tertiary/aromatic N) is 6. The van der Waals surface area contributed by atoms with Crippen molar-refractivity contribution in [1.29, 1.82) is 0 Å². The van der Waals surface area contributed by atoms with Crippen LogP contribution in [0.1, 0.15) is 38.4 Å². The predicted molar refractivity (Wildman–Crippen MR) is 158 cm³/mol. The first-order valence-electron chi connectivity index (χ1n) is 13.7. The molecule has 1 atom stereocenters. The molecule has 1 saturated heterocycles. The van der Waals surface area contributed by atoms with Crippen molar-refractivity contribution in [3.63, 3.8) is 0 Å². The zero-order valence-corrected chi connectivity index (χ0v) is 24.9. The van der Waals surface area contributed by atoms with E-state index in [1.807, 2.05) is 42.8 Å². The molecule has 12 heteroatoms. The van der Waals surface area contributed by atoms with Crippen molar-refractivity contribution >= 4 is 34.7 Å². The van der Waals surface area contributed by atoms with Crippen molar-refractivity contribution in [2.75, 3.05) is 43.6 Å². The lowest BCUT2D eigenvalue weighted by atomic mass is 10.1. The lowest BCUT2D eigenvalue weighted by molar-refractivity contribution is 0.00337. The second-order valence-corrected chi connectivity index (χ2v) is 11.9. The van der Waals surface area contributed by atoms with Crippen LogP contribution in [0.15, 0.2) is 41.8 Å². The average Bonchev–Trinajstić information content (AvgIpc) is 3.55. The third kappa shape index (κ3) is 6.59. The summed E-state index contributed by atoms with van der Waals surface area (Å²) >= 11 is 1.55. The molecule has 218 valence electrons. The Labute approximate surface area is 243 Å². The van der Waals surface area contributed by atoms with E-state index >= 15 is 0 Å². The maximum absolute atomic E-state index is 13.3. The number of hydrogen-bond acceptors (Lipinski definition) is 9. The number of ether oxygens (including phenoxy) is 2. The van der Waals surface area contributed by atoms with Crippen LogP contribution in [0.5, 0.6) is 0 Å². The second kappa shape index (κ2) is 12.0. The van der Waals surface area contributed by atoms with Gasteiger partial charge in [-0.3, -0.25) is 4.90 Å². The van der Waals surface area contributed by atoms with E-state index in [0.717, 1.165) is 45.7 Å². The lowest BCUT2D eigenvalue weighted by Crippen LogP contribution is -2.58. The van der Waals surface area contributed by atoms with Crippen molar-refractivity contribution in [1.82, 2.24) is 24.5 Å². The number of hydrogen-bond donors (Lipinski definition) is 1. The molecule has 0 aliphatic carbocycles. The Morgan fingerprint density at radius 2 is 1.93 bits per heavy atom. The van der Waals surface area contributed by atoms with E-state index in [0.29, 0.717) is 32.8 Å². The minimum Gasteiger partial charge on any atom is -0.444 e. The Kier molecular flexibility index (Phi) is 8.41. The number of rotatable bonds is 8. The van der Waals surface area contributed by atoms with Gasteiger partial charge in [0, 0.05) is 37.7 Å². The highest BCUT2D eigenvalue weighted by Crippen LogP contribution is 2.26. The number of anilines is 2. The molecular weight excluding hydrogens is 545 g/mol. The van der Waals surface area contributed by atoms with Gasteiger partial charge in [0.25, 0.3) is 0 Å². The smallest absolute Gasteiger partial charge is 0.410 e. The quantitative estimate of drug-likeness (QED) is 0.302. The highest BCUT2D eigenvalue weighted by atomic mass is 32.1. The Bertz CT molecular complexity index is 1500. The van der Waals surface area contributed by atoms with Gasteiger partial charge in [-0.1, -0.05) is 6.92 Å². The van der Waals surface area contributed by atoms with Gasteiger partial charge in [0.1, 0.15) is 22.2 Å². The first kappa shape index (κ1) is 28.7. The number of carbonyl (C=O) groups is 1. The monoisotopic (exact) mass is 581 g/mol. The highest BCUT2D eigenvalue weighted by Gasteiger charge is 2.34. The van der Waals surface area contributed by atoms with E-state index in [1.165, 1.54) is 12.1 Å². The molecule has 4 heterocycles. The van der Waals surface area contributed by atoms with Crippen molar-refractivity contribution in [3.8, 4) is 11.3 Å². The molecular formula is C29H36FN7O3S. The molecule has 1 N–H and O–H groups in total. The van der Waals surface area contributed by atoms with Crippen LogP contribution in [-0.2, 0) is 22.4 Å². The third-order valence-corrected chi connectivity index (χ3v) is 7.61. The Morgan fingerprint density at radius 3 is 2.63 bits per heavy atom. The summed E-state index contributed by atoms with van der Waals surface area (Å²) in [5, 5.41) is 11.3. The molecule has 1 amide bonds. The van der Waals surface area contributed by atoms with Gasteiger partial charge in [-0.05, 0) is 63.6 Å². The average molecular weight is 582 g/mol. The molecule has 41 heavy (non-hydrogen) atoms. The number of methoxy groups -OCH3 is 1. The molecule has 1 aromatic carbocycles. The molecule has 0 bridgehead atoms. The van der Waals surface area contributed by atoms with Crippen LogP contribution >= 0.6 is 11.3 Å². The maximum Gasteiger partial charge on any atom is 0.410 e. The van der Waals surface area contributed by atoms with E-state index in [9.17, 15) is 9.18 Å². The van der Waals surface area contributed by atoms with Gasteiger partial charge in [0.05, 0.1) is 30.6 Å². The van der Waals surface area contributed by atoms with E-state index < -0.39 is 5.60 Å². The van der Waals surface area contributed by atoms with Crippen LogP contribution in [-0.4, -0.2) is 75.6 Å². The number of benzene rings is 1. The van der Waals surface area contributed by atoms with E-state index in [4.69, 9.17) is 24.5 Å². The molecule has 5 rings (SSSR count). The molecule has 1 aliphatic heterocycles. The third-order valence-electron chi connectivity index (χ3n) is 6.76. The Hall–Kier alpha value is -3.77. The summed E-state index contributed by atoms with van der Waals surface area (Å²) in [5.74, 6) is 1.35. The number of imidazole rings is 1. The minimum absolute atomic E-state index is 0.173. The second-order valence-electron chi connectivity index (χ2n) is 10.9.